The Morgan fingerprint density at radius 2 is 1.92 bits per heavy atom. The van der Waals surface area contributed by atoms with Crippen LogP contribution in [0.4, 0.5) is 4.79 Å². The van der Waals surface area contributed by atoms with Crippen molar-refractivity contribution in [3.05, 3.63) is 124 Å². The summed E-state index contributed by atoms with van der Waals surface area (Å²) in [5.74, 6) is -0.391. The second-order valence-electron chi connectivity index (χ2n) is 12.6. The molecule has 1 aromatic heterocycles. The summed E-state index contributed by atoms with van der Waals surface area (Å²) in [5.41, 5.74) is 2.40. The molecule has 2 atom stereocenters. The Kier molecular flexibility index (Phi) is 12.2. The maximum absolute atomic E-state index is 12.2. The molecule has 48 heavy (non-hydrogen) atoms. The van der Waals surface area contributed by atoms with Crippen LogP contribution in [0.15, 0.2) is 97.6 Å². The molecule has 0 aliphatic carbocycles. The van der Waals surface area contributed by atoms with E-state index in [0.717, 1.165) is 16.9 Å². The largest absolute Gasteiger partial charge is 0.491 e. The first-order chi connectivity index (χ1) is 23.1. The highest BCUT2D eigenvalue weighted by atomic mass is 35.5. The molecule has 9 nitrogen and oxygen atoms in total. The molecule has 4 aromatic rings. The third kappa shape index (κ3) is 10.6. The van der Waals surface area contributed by atoms with Crippen LogP contribution in [0.2, 0.25) is 10.0 Å². The average molecular weight is 694 g/mol. The number of nitrogens with one attached hydrogen (secondary N) is 1. The van der Waals surface area contributed by atoms with Crippen LogP contribution in [0, 0.1) is 0 Å². The van der Waals surface area contributed by atoms with Gasteiger partial charge in [-0.3, -0.25) is 4.90 Å². The molecule has 11 heteroatoms. The van der Waals surface area contributed by atoms with Gasteiger partial charge < -0.3 is 28.8 Å². The van der Waals surface area contributed by atoms with Crippen molar-refractivity contribution in [1.29, 1.82) is 0 Å². The molecule has 1 N–H and O–H groups in total. The van der Waals surface area contributed by atoms with Crippen molar-refractivity contribution in [1.82, 2.24) is 19.8 Å². The van der Waals surface area contributed by atoms with Crippen molar-refractivity contribution < 1.29 is 23.7 Å². The van der Waals surface area contributed by atoms with Gasteiger partial charge >= 0.3 is 6.09 Å². The fourth-order valence-corrected chi connectivity index (χ4v) is 5.83. The lowest BCUT2D eigenvalue weighted by Crippen LogP contribution is -2.38. The Morgan fingerprint density at radius 3 is 2.62 bits per heavy atom. The highest BCUT2D eigenvalue weighted by Gasteiger charge is 2.45. The number of carbonyl (C=O) groups excluding carboxylic acids is 1. The maximum Gasteiger partial charge on any atom is 0.407 e. The van der Waals surface area contributed by atoms with E-state index in [1.807, 2.05) is 80.1 Å². The van der Waals surface area contributed by atoms with Crippen LogP contribution in [0.5, 0.6) is 5.75 Å². The number of benzene rings is 3. The molecule has 2 unspecified atom stereocenters. The van der Waals surface area contributed by atoms with E-state index in [1.165, 1.54) is 0 Å². The molecule has 0 radical (unpaired) electrons. The number of hydrogen-bond donors (Lipinski definition) is 1. The van der Waals surface area contributed by atoms with Crippen LogP contribution in [-0.2, 0) is 33.1 Å². The number of alkyl carbamates (subject to hydrolysis) is 1. The van der Waals surface area contributed by atoms with Gasteiger partial charge in [0.2, 0.25) is 5.79 Å². The number of rotatable bonds is 14. The van der Waals surface area contributed by atoms with Gasteiger partial charge in [-0.15, -0.1) is 0 Å². The third-order valence-electron chi connectivity index (χ3n) is 7.49. The Balaban J connectivity index is 1.18. The molecule has 1 saturated heterocycles. The summed E-state index contributed by atoms with van der Waals surface area (Å²) >= 11 is 12.8. The SMILES string of the molecule is CC(C)(C)OC(=O)NCCN(C/C=C\c1ccccc1)Cc1ccc(OCC2COC(Cn3ccnc3)(c3ccc(Cl)cc3Cl)O2)cc1. The van der Waals surface area contributed by atoms with Gasteiger partial charge in [0, 0.05) is 49.2 Å². The van der Waals surface area contributed by atoms with Gasteiger partial charge in [0.15, 0.2) is 0 Å². The van der Waals surface area contributed by atoms with Crippen LogP contribution >= 0.6 is 23.2 Å². The Bertz CT molecular complexity index is 1630. The van der Waals surface area contributed by atoms with Gasteiger partial charge in [0.05, 0.1) is 24.5 Å². The summed E-state index contributed by atoms with van der Waals surface area (Å²) < 4.78 is 26.2. The Hall–Kier alpha value is -3.86. The number of aromatic nitrogens is 2. The molecule has 1 amide bonds. The normalized spacial score (nSPS) is 18.0. The topological polar surface area (TPSA) is 87.1 Å². The van der Waals surface area contributed by atoms with Crippen LogP contribution in [-0.4, -0.2) is 65.1 Å². The summed E-state index contributed by atoms with van der Waals surface area (Å²) in [6, 6.07) is 23.5. The molecule has 0 bridgehead atoms. The third-order valence-corrected chi connectivity index (χ3v) is 8.03. The number of nitrogens with zero attached hydrogens (tertiary/aromatic N) is 3. The van der Waals surface area contributed by atoms with E-state index in [2.05, 4.69) is 39.5 Å². The second kappa shape index (κ2) is 16.5. The van der Waals surface area contributed by atoms with Crippen molar-refractivity contribution in [2.75, 3.05) is 32.8 Å². The molecular weight excluding hydrogens is 651 g/mol. The fraction of sp³-hybridized carbons (Fsp3) is 0.351. The van der Waals surface area contributed by atoms with Crippen molar-refractivity contribution >= 4 is 35.4 Å². The summed E-state index contributed by atoms with van der Waals surface area (Å²) in [6.07, 6.45) is 8.75. The smallest absolute Gasteiger partial charge is 0.407 e. The van der Waals surface area contributed by atoms with E-state index >= 15 is 0 Å². The van der Waals surface area contributed by atoms with Gasteiger partial charge in [-0.05, 0) is 56.2 Å². The predicted octanol–water partition coefficient (Wildman–Crippen LogP) is 7.58. The van der Waals surface area contributed by atoms with E-state index < -0.39 is 17.5 Å². The molecule has 254 valence electrons. The monoisotopic (exact) mass is 692 g/mol. The van der Waals surface area contributed by atoms with Crippen LogP contribution in [0.25, 0.3) is 6.08 Å². The highest BCUT2D eigenvalue weighted by Crippen LogP contribution is 2.40. The molecule has 5 rings (SSSR count). The minimum atomic E-state index is -1.11. The zero-order valence-corrected chi connectivity index (χ0v) is 29.0. The summed E-state index contributed by atoms with van der Waals surface area (Å²) in [5, 5.41) is 3.86. The van der Waals surface area contributed by atoms with Gasteiger partial charge in [-0.25, -0.2) is 9.78 Å². The van der Waals surface area contributed by atoms with Crippen molar-refractivity contribution in [2.45, 2.75) is 51.4 Å². The Labute approximate surface area is 292 Å². The highest BCUT2D eigenvalue weighted by molar-refractivity contribution is 6.35. The number of hydrogen-bond acceptors (Lipinski definition) is 7. The van der Waals surface area contributed by atoms with E-state index in [1.54, 1.807) is 24.7 Å². The van der Waals surface area contributed by atoms with Crippen LogP contribution < -0.4 is 10.1 Å². The average Bonchev–Trinajstić information content (AvgIpc) is 3.71. The number of carbonyl (C=O) groups is 1. The molecule has 3 aromatic carbocycles. The van der Waals surface area contributed by atoms with Crippen molar-refractivity contribution in [3.8, 4) is 5.75 Å². The minimum absolute atomic E-state index is 0.295. The minimum Gasteiger partial charge on any atom is -0.491 e. The number of imidazole rings is 1. The van der Waals surface area contributed by atoms with Gasteiger partial charge in [-0.1, -0.05) is 83.9 Å². The molecule has 1 fully saturated rings. The van der Waals surface area contributed by atoms with Crippen LogP contribution in [0.1, 0.15) is 37.5 Å². The summed E-state index contributed by atoms with van der Waals surface area (Å²) in [6.45, 7) is 9.04. The molecule has 1 aliphatic heterocycles. The zero-order chi connectivity index (χ0) is 34.0. The van der Waals surface area contributed by atoms with Gasteiger partial charge in [0.25, 0.3) is 0 Å². The maximum atomic E-state index is 12.2. The lowest BCUT2D eigenvalue weighted by atomic mass is 10.1. The first-order valence-corrected chi connectivity index (χ1v) is 16.7. The van der Waals surface area contributed by atoms with Gasteiger partial charge in [-0.2, -0.15) is 0 Å². The predicted molar refractivity (Wildman–Crippen MR) is 188 cm³/mol. The number of halogens is 2. The van der Waals surface area contributed by atoms with E-state index in [-0.39, 0.29) is 6.10 Å². The molecule has 0 spiro atoms. The van der Waals surface area contributed by atoms with Crippen molar-refractivity contribution in [2.24, 2.45) is 0 Å². The standard InChI is InChI=1S/C37H42Cl2N4O5/c1-36(2,3)48-35(44)41-18-21-42(19-7-10-28-8-5-4-6-9-28)23-29-11-14-31(15-12-29)45-24-32-25-46-37(47-32,26-43-20-17-40-27-43)33-16-13-30(38)22-34(33)39/h4-17,20,22,27,32H,18-19,21,23-26H2,1-3H3,(H,41,44)/b10-7-. The van der Waals surface area contributed by atoms with Gasteiger partial charge in [0.1, 0.15) is 24.1 Å². The van der Waals surface area contributed by atoms with E-state index in [9.17, 15) is 4.79 Å². The first kappa shape index (κ1) is 35.4. The van der Waals surface area contributed by atoms with Crippen LogP contribution in [0.3, 0.4) is 0 Å². The number of ether oxygens (including phenoxy) is 4. The van der Waals surface area contributed by atoms with Crippen molar-refractivity contribution in [3.63, 3.8) is 0 Å². The first-order valence-electron chi connectivity index (χ1n) is 15.9. The molecular formula is C37H42Cl2N4O5. The zero-order valence-electron chi connectivity index (χ0n) is 27.5. The Morgan fingerprint density at radius 1 is 1.12 bits per heavy atom. The quantitative estimate of drug-likeness (QED) is 0.146. The van der Waals surface area contributed by atoms with E-state index in [0.29, 0.717) is 61.5 Å². The number of amides is 1. The lowest BCUT2D eigenvalue weighted by Gasteiger charge is -2.30. The fourth-order valence-electron chi connectivity index (χ4n) is 5.28. The molecule has 2 heterocycles. The summed E-state index contributed by atoms with van der Waals surface area (Å²) in [7, 11) is 0. The summed E-state index contributed by atoms with van der Waals surface area (Å²) in [4.78, 5) is 18.6. The lowest BCUT2D eigenvalue weighted by molar-refractivity contribution is -0.189. The molecule has 1 aliphatic rings. The van der Waals surface area contributed by atoms with E-state index in [4.69, 9.17) is 42.1 Å². The second-order valence-corrected chi connectivity index (χ2v) is 13.4. The molecule has 0 saturated carbocycles.